The lowest BCUT2D eigenvalue weighted by atomic mass is 9.78. The van der Waals surface area contributed by atoms with Crippen LogP contribution in [0.1, 0.15) is 46.0 Å². The molecule has 0 bridgehead atoms. The van der Waals surface area contributed by atoms with Gasteiger partial charge in [-0.3, -0.25) is 0 Å². The Morgan fingerprint density at radius 3 is 2.71 bits per heavy atom. The molecule has 3 atom stereocenters. The Bertz CT molecular complexity index is 214. The van der Waals surface area contributed by atoms with E-state index < -0.39 is 0 Å². The second-order valence-electron chi connectivity index (χ2n) is 5.81. The maximum Gasteiger partial charge on any atom is 0.147 e. The molecular weight excluding hydrogens is 214 g/mol. The lowest BCUT2D eigenvalue weighted by Crippen LogP contribution is -2.45. The SMILES string of the molecule is CC(C)C1CCCCC1NCC1CCOCO1. The molecule has 1 saturated heterocycles. The van der Waals surface area contributed by atoms with Crippen molar-refractivity contribution < 1.29 is 9.47 Å². The zero-order chi connectivity index (χ0) is 12.1. The van der Waals surface area contributed by atoms with Crippen LogP contribution in [0.25, 0.3) is 0 Å². The van der Waals surface area contributed by atoms with Crippen molar-refractivity contribution in [1.29, 1.82) is 0 Å². The van der Waals surface area contributed by atoms with Crippen LogP contribution >= 0.6 is 0 Å². The summed E-state index contributed by atoms with van der Waals surface area (Å²) in [5, 5.41) is 3.74. The van der Waals surface area contributed by atoms with E-state index in [1.807, 2.05) is 0 Å². The third kappa shape index (κ3) is 3.94. The predicted octanol–water partition coefficient (Wildman–Crippen LogP) is 2.55. The molecule has 0 radical (unpaired) electrons. The lowest BCUT2D eigenvalue weighted by molar-refractivity contribution is -0.138. The Balaban J connectivity index is 1.75. The van der Waals surface area contributed by atoms with Crippen LogP contribution in [0, 0.1) is 11.8 Å². The second kappa shape index (κ2) is 6.72. The van der Waals surface area contributed by atoms with E-state index >= 15 is 0 Å². The smallest absolute Gasteiger partial charge is 0.147 e. The first-order valence-corrected chi connectivity index (χ1v) is 7.20. The number of hydrogen-bond donors (Lipinski definition) is 1. The maximum atomic E-state index is 5.58. The van der Waals surface area contributed by atoms with Crippen molar-refractivity contribution in [2.75, 3.05) is 19.9 Å². The van der Waals surface area contributed by atoms with E-state index in [0.717, 1.165) is 31.4 Å². The summed E-state index contributed by atoms with van der Waals surface area (Å²) >= 11 is 0. The third-order valence-electron chi connectivity index (χ3n) is 4.25. The molecule has 0 aromatic heterocycles. The van der Waals surface area contributed by atoms with Crippen LogP contribution in [0.4, 0.5) is 0 Å². The largest absolute Gasteiger partial charge is 0.355 e. The van der Waals surface area contributed by atoms with Gasteiger partial charge in [-0.15, -0.1) is 0 Å². The van der Waals surface area contributed by atoms with Gasteiger partial charge in [0.05, 0.1) is 12.7 Å². The minimum Gasteiger partial charge on any atom is -0.355 e. The van der Waals surface area contributed by atoms with Crippen molar-refractivity contribution in [3.8, 4) is 0 Å². The molecule has 1 aliphatic carbocycles. The molecule has 100 valence electrons. The Hall–Kier alpha value is -0.120. The predicted molar refractivity (Wildman–Crippen MR) is 68.9 cm³/mol. The number of nitrogens with one attached hydrogen (secondary N) is 1. The fourth-order valence-electron chi connectivity index (χ4n) is 3.16. The van der Waals surface area contributed by atoms with Crippen molar-refractivity contribution in [2.24, 2.45) is 11.8 Å². The Morgan fingerprint density at radius 1 is 1.18 bits per heavy atom. The summed E-state index contributed by atoms with van der Waals surface area (Å²) in [6, 6.07) is 0.704. The zero-order valence-electron chi connectivity index (χ0n) is 11.3. The van der Waals surface area contributed by atoms with E-state index in [-0.39, 0.29) is 0 Å². The summed E-state index contributed by atoms with van der Waals surface area (Å²) in [6.07, 6.45) is 6.92. The van der Waals surface area contributed by atoms with Gasteiger partial charge in [0.15, 0.2) is 0 Å². The highest BCUT2D eigenvalue weighted by Gasteiger charge is 2.27. The molecule has 2 rings (SSSR count). The summed E-state index contributed by atoms with van der Waals surface area (Å²) in [5.74, 6) is 1.65. The molecule has 2 aliphatic rings. The van der Waals surface area contributed by atoms with Crippen molar-refractivity contribution >= 4 is 0 Å². The molecule has 0 amide bonds. The van der Waals surface area contributed by atoms with Gasteiger partial charge >= 0.3 is 0 Å². The minimum atomic E-state index is 0.360. The molecule has 3 heteroatoms. The van der Waals surface area contributed by atoms with Gasteiger partial charge in [-0.05, 0) is 31.1 Å². The van der Waals surface area contributed by atoms with Crippen molar-refractivity contribution in [3.05, 3.63) is 0 Å². The Morgan fingerprint density at radius 2 is 2.00 bits per heavy atom. The summed E-state index contributed by atoms with van der Waals surface area (Å²) < 4.78 is 10.8. The van der Waals surface area contributed by atoms with E-state index in [2.05, 4.69) is 19.2 Å². The van der Waals surface area contributed by atoms with Gasteiger partial charge in [-0.2, -0.15) is 0 Å². The molecule has 3 unspecified atom stereocenters. The zero-order valence-corrected chi connectivity index (χ0v) is 11.3. The average molecular weight is 241 g/mol. The molecule has 3 nitrogen and oxygen atoms in total. The summed E-state index contributed by atoms with van der Waals surface area (Å²) in [6.45, 7) is 7.04. The summed E-state index contributed by atoms with van der Waals surface area (Å²) in [7, 11) is 0. The molecule has 17 heavy (non-hydrogen) atoms. The van der Waals surface area contributed by atoms with E-state index in [1.165, 1.54) is 25.7 Å². The average Bonchev–Trinajstić information content (AvgIpc) is 2.38. The van der Waals surface area contributed by atoms with Crippen molar-refractivity contribution in [1.82, 2.24) is 5.32 Å². The van der Waals surface area contributed by atoms with E-state index in [0.29, 0.717) is 18.9 Å². The van der Waals surface area contributed by atoms with Gasteiger partial charge in [-0.25, -0.2) is 0 Å². The molecule has 1 heterocycles. The van der Waals surface area contributed by atoms with Crippen LogP contribution in [0.15, 0.2) is 0 Å². The van der Waals surface area contributed by atoms with E-state index in [4.69, 9.17) is 9.47 Å². The number of hydrogen-bond acceptors (Lipinski definition) is 3. The van der Waals surface area contributed by atoms with Gasteiger partial charge in [0.25, 0.3) is 0 Å². The van der Waals surface area contributed by atoms with Crippen LogP contribution < -0.4 is 5.32 Å². The molecule has 1 N–H and O–H groups in total. The monoisotopic (exact) mass is 241 g/mol. The molecule has 1 aliphatic heterocycles. The summed E-state index contributed by atoms with van der Waals surface area (Å²) in [4.78, 5) is 0. The first-order chi connectivity index (χ1) is 8.27. The lowest BCUT2D eigenvalue weighted by Gasteiger charge is -2.36. The van der Waals surface area contributed by atoms with Gasteiger partial charge < -0.3 is 14.8 Å². The minimum absolute atomic E-state index is 0.360. The first kappa shape index (κ1) is 13.3. The fraction of sp³-hybridized carbons (Fsp3) is 1.00. The van der Waals surface area contributed by atoms with Crippen LogP contribution in [0.5, 0.6) is 0 Å². The van der Waals surface area contributed by atoms with Crippen molar-refractivity contribution in [2.45, 2.75) is 58.1 Å². The normalized spacial score (nSPS) is 35.1. The molecule has 0 spiro atoms. The summed E-state index contributed by atoms with van der Waals surface area (Å²) in [5.41, 5.74) is 0. The highest BCUT2D eigenvalue weighted by Crippen LogP contribution is 2.30. The van der Waals surface area contributed by atoms with Gasteiger partial charge in [0.2, 0.25) is 0 Å². The molecule has 2 fully saturated rings. The van der Waals surface area contributed by atoms with Gasteiger partial charge in [0.1, 0.15) is 6.79 Å². The Kier molecular flexibility index (Phi) is 5.26. The maximum absolute atomic E-state index is 5.58. The van der Waals surface area contributed by atoms with Gasteiger partial charge in [-0.1, -0.05) is 26.7 Å². The van der Waals surface area contributed by atoms with E-state index in [9.17, 15) is 0 Å². The first-order valence-electron chi connectivity index (χ1n) is 7.20. The van der Waals surface area contributed by atoms with Crippen LogP contribution in [0.3, 0.4) is 0 Å². The van der Waals surface area contributed by atoms with E-state index in [1.54, 1.807) is 0 Å². The standard InChI is InChI=1S/C14H27NO2/c1-11(2)13-5-3-4-6-14(13)15-9-12-7-8-16-10-17-12/h11-15H,3-10H2,1-2H3. The highest BCUT2D eigenvalue weighted by molar-refractivity contribution is 4.83. The third-order valence-corrected chi connectivity index (χ3v) is 4.25. The van der Waals surface area contributed by atoms with Crippen LogP contribution in [0.2, 0.25) is 0 Å². The quantitative estimate of drug-likeness (QED) is 0.820. The van der Waals surface area contributed by atoms with Crippen molar-refractivity contribution in [3.63, 3.8) is 0 Å². The highest BCUT2D eigenvalue weighted by atomic mass is 16.7. The number of ether oxygens (including phenoxy) is 2. The molecule has 1 saturated carbocycles. The second-order valence-corrected chi connectivity index (χ2v) is 5.81. The van der Waals surface area contributed by atoms with Crippen LogP contribution in [-0.2, 0) is 9.47 Å². The van der Waals surface area contributed by atoms with Crippen LogP contribution in [-0.4, -0.2) is 32.1 Å². The number of rotatable bonds is 4. The molecule has 0 aromatic carbocycles. The molecular formula is C14H27NO2. The fourth-order valence-corrected chi connectivity index (χ4v) is 3.16. The Labute approximate surface area is 105 Å². The molecule has 0 aromatic rings. The van der Waals surface area contributed by atoms with Gasteiger partial charge in [0, 0.05) is 12.6 Å². The topological polar surface area (TPSA) is 30.5 Å².